The van der Waals surface area contributed by atoms with Crippen molar-refractivity contribution in [3.8, 4) is 11.3 Å². The highest BCUT2D eigenvalue weighted by Crippen LogP contribution is 2.35. The molecule has 9 nitrogen and oxygen atoms in total. The van der Waals surface area contributed by atoms with Crippen LogP contribution in [-0.2, 0) is 28.7 Å². The second-order valence-corrected chi connectivity index (χ2v) is 8.69. The zero-order valence-electron chi connectivity index (χ0n) is 17.6. The van der Waals surface area contributed by atoms with E-state index in [1.807, 2.05) is 24.3 Å². The number of phosphoric acid groups is 1. The summed E-state index contributed by atoms with van der Waals surface area (Å²) in [5, 5.41) is 4.06. The zero-order valence-corrected chi connectivity index (χ0v) is 18.5. The molecule has 3 heterocycles. The Morgan fingerprint density at radius 1 is 1.09 bits per heavy atom. The highest BCUT2D eigenvalue weighted by Gasteiger charge is 2.20. The summed E-state index contributed by atoms with van der Waals surface area (Å²) in [5.74, 6) is -1.50. The Labute approximate surface area is 192 Å². The highest BCUT2D eigenvalue weighted by atomic mass is 31.2. The molecule has 0 spiro atoms. The van der Waals surface area contributed by atoms with Crippen LogP contribution in [0.25, 0.3) is 11.3 Å². The van der Waals surface area contributed by atoms with Crippen LogP contribution in [0.4, 0.5) is 14.6 Å². The van der Waals surface area contributed by atoms with Crippen molar-refractivity contribution < 1.29 is 36.7 Å². The first-order chi connectivity index (χ1) is 16.2. The molecule has 4 rings (SSSR count). The number of nitrogens with zero attached hydrogens (tertiary/aromatic N) is 3. The predicted octanol–water partition coefficient (Wildman–Crippen LogP) is 3.13. The lowest BCUT2D eigenvalue weighted by Gasteiger charge is -2.07. The second-order valence-electron chi connectivity index (χ2n) is 7.45. The summed E-state index contributed by atoms with van der Waals surface area (Å²) >= 11 is 0. The van der Waals surface area contributed by atoms with E-state index in [-0.39, 0.29) is 17.8 Å². The van der Waals surface area contributed by atoms with Crippen molar-refractivity contribution in [3.63, 3.8) is 0 Å². The van der Waals surface area contributed by atoms with Crippen LogP contribution in [0.1, 0.15) is 22.4 Å². The van der Waals surface area contributed by atoms with Gasteiger partial charge in [-0.05, 0) is 34.9 Å². The molecule has 4 aromatic rings. The molecule has 0 radical (unpaired) electrons. The van der Waals surface area contributed by atoms with Gasteiger partial charge < -0.3 is 14.3 Å². The SMILES string of the molecule is Nc1c(-c2cc(Cc3ccc(Cc4ccnc(F)c4F)cc3)no2)ccc[n+]1COP(=O)(O)O. The monoisotopic (exact) mass is 489 g/mol. The lowest BCUT2D eigenvalue weighted by Crippen LogP contribution is -2.38. The fourth-order valence-electron chi connectivity index (χ4n) is 3.34. The first kappa shape index (κ1) is 23.7. The van der Waals surface area contributed by atoms with Gasteiger partial charge in [0.2, 0.25) is 12.7 Å². The smallest absolute Gasteiger partial charge is 0.356 e. The molecule has 0 bridgehead atoms. The number of halogens is 2. The molecule has 4 N–H and O–H groups in total. The largest absolute Gasteiger partial charge is 0.472 e. The number of phosphoric ester groups is 1. The van der Waals surface area contributed by atoms with E-state index in [1.165, 1.54) is 23.0 Å². The van der Waals surface area contributed by atoms with Crippen LogP contribution in [0.5, 0.6) is 0 Å². The van der Waals surface area contributed by atoms with E-state index in [9.17, 15) is 13.3 Å². The molecule has 176 valence electrons. The van der Waals surface area contributed by atoms with Crippen molar-refractivity contribution in [1.82, 2.24) is 10.1 Å². The van der Waals surface area contributed by atoms with E-state index in [0.717, 1.165) is 11.1 Å². The van der Waals surface area contributed by atoms with E-state index in [0.29, 0.717) is 23.4 Å². The Hall–Kier alpha value is -3.50. The first-order valence-electron chi connectivity index (χ1n) is 10.0. The number of benzene rings is 1. The fraction of sp³-hybridized carbons (Fsp3) is 0.136. The molecule has 0 aliphatic rings. The van der Waals surface area contributed by atoms with Gasteiger partial charge in [0.05, 0.1) is 11.9 Å². The molecule has 0 unspecified atom stereocenters. The molecular formula is C22H20F2N4O5P+. The number of rotatable bonds is 8. The quantitative estimate of drug-likeness (QED) is 0.195. The minimum Gasteiger partial charge on any atom is -0.356 e. The molecule has 0 saturated carbocycles. The summed E-state index contributed by atoms with van der Waals surface area (Å²) in [6, 6.07) is 13.9. The Morgan fingerprint density at radius 2 is 1.79 bits per heavy atom. The molecule has 0 saturated heterocycles. The molecular weight excluding hydrogens is 469 g/mol. The minimum atomic E-state index is -4.65. The van der Waals surface area contributed by atoms with Crippen molar-refractivity contribution in [2.24, 2.45) is 0 Å². The van der Waals surface area contributed by atoms with E-state index in [4.69, 9.17) is 20.0 Å². The number of nitrogen functional groups attached to an aromatic ring is 1. The standard InChI is InChI=1S/C22H19F2N4O5P/c23-20-16(7-8-26-21(20)24)10-14-3-5-15(6-4-14)11-17-12-19(33-27-17)18-2-1-9-28(22(18)25)13-32-34(29,30)31/h1-9,12,25H,10-11,13H2,(H2,29,30,31)/p+1. The van der Waals surface area contributed by atoms with Gasteiger partial charge in [-0.3, -0.25) is 5.73 Å². The van der Waals surface area contributed by atoms with Gasteiger partial charge in [0.15, 0.2) is 11.6 Å². The van der Waals surface area contributed by atoms with Gasteiger partial charge >= 0.3 is 7.82 Å². The van der Waals surface area contributed by atoms with Crippen molar-refractivity contribution >= 4 is 13.6 Å². The second kappa shape index (κ2) is 9.78. The summed E-state index contributed by atoms with van der Waals surface area (Å²) in [7, 11) is -4.65. The summed E-state index contributed by atoms with van der Waals surface area (Å²) < 4.78 is 49.3. The molecule has 1 aromatic carbocycles. The van der Waals surface area contributed by atoms with E-state index >= 15 is 0 Å². The van der Waals surface area contributed by atoms with E-state index < -0.39 is 26.3 Å². The third kappa shape index (κ3) is 5.70. The van der Waals surface area contributed by atoms with Crippen molar-refractivity contribution in [2.45, 2.75) is 19.6 Å². The van der Waals surface area contributed by atoms with E-state index in [2.05, 4.69) is 14.7 Å². The summed E-state index contributed by atoms with van der Waals surface area (Å²) in [5.41, 5.74) is 9.18. The Balaban J connectivity index is 1.45. The van der Waals surface area contributed by atoms with Crippen LogP contribution in [0.3, 0.4) is 0 Å². The summed E-state index contributed by atoms with van der Waals surface area (Å²) in [6.45, 7) is -0.437. The molecule has 12 heteroatoms. The topological polar surface area (TPSA) is 136 Å². The third-order valence-electron chi connectivity index (χ3n) is 5.03. The van der Waals surface area contributed by atoms with Crippen LogP contribution in [-0.4, -0.2) is 19.9 Å². The molecule has 0 amide bonds. The van der Waals surface area contributed by atoms with Crippen LogP contribution < -0.4 is 10.3 Å². The van der Waals surface area contributed by atoms with Gasteiger partial charge in [-0.1, -0.05) is 29.4 Å². The van der Waals surface area contributed by atoms with Gasteiger partial charge in [0.25, 0.3) is 5.82 Å². The average molecular weight is 489 g/mol. The van der Waals surface area contributed by atoms with Gasteiger partial charge in [-0.2, -0.15) is 4.39 Å². The molecule has 0 fully saturated rings. The van der Waals surface area contributed by atoms with Crippen LogP contribution in [0.2, 0.25) is 0 Å². The lowest BCUT2D eigenvalue weighted by atomic mass is 10.0. The third-order valence-corrected chi connectivity index (χ3v) is 5.48. The van der Waals surface area contributed by atoms with Crippen molar-refractivity contribution in [2.75, 3.05) is 5.73 Å². The fourth-order valence-corrected chi connectivity index (χ4v) is 3.61. The number of hydrogen-bond acceptors (Lipinski definition) is 6. The maximum Gasteiger partial charge on any atom is 0.472 e. The highest BCUT2D eigenvalue weighted by molar-refractivity contribution is 7.46. The van der Waals surface area contributed by atoms with Gasteiger partial charge in [-0.25, -0.2) is 23.0 Å². The molecule has 34 heavy (non-hydrogen) atoms. The predicted molar refractivity (Wildman–Crippen MR) is 116 cm³/mol. The molecule has 0 atom stereocenters. The normalized spacial score (nSPS) is 11.6. The minimum absolute atomic E-state index is 0.183. The Bertz CT molecular complexity index is 1360. The number of aromatic nitrogens is 3. The Morgan fingerprint density at radius 3 is 2.50 bits per heavy atom. The van der Waals surface area contributed by atoms with E-state index in [1.54, 1.807) is 18.2 Å². The number of anilines is 1. The number of nitrogens with two attached hydrogens (primary N) is 1. The van der Waals surface area contributed by atoms with Crippen LogP contribution >= 0.6 is 7.82 Å². The summed E-state index contributed by atoms with van der Waals surface area (Å²) in [6.07, 6.45) is 3.43. The van der Waals surface area contributed by atoms with Crippen molar-refractivity contribution in [1.29, 1.82) is 0 Å². The number of hydrogen-bond donors (Lipinski definition) is 3. The van der Waals surface area contributed by atoms with Gasteiger partial charge in [0.1, 0.15) is 5.56 Å². The zero-order chi connectivity index (χ0) is 24.3. The first-order valence-corrected chi connectivity index (χ1v) is 11.5. The maximum atomic E-state index is 13.8. The molecule has 0 aliphatic heterocycles. The Kier molecular flexibility index (Phi) is 6.80. The van der Waals surface area contributed by atoms with Gasteiger partial charge in [-0.15, -0.1) is 0 Å². The van der Waals surface area contributed by atoms with Crippen molar-refractivity contribution in [3.05, 3.63) is 95.1 Å². The van der Waals surface area contributed by atoms with Crippen LogP contribution in [0, 0.1) is 11.8 Å². The molecule has 3 aromatic heterocycles. The average Bonchev–Trinajstić information content (AvgIpc) is 3.25. The number of pyridine rings is 2. The van der Waals surface area contributed by atoms with Gasteiger partial charge in [0, 0.05) is 25.1 Å². The molecule has 0 aliphatic carbocycles. The summed E-state index contributed by atoms with van der Waals surface area (Å²) in [4.78, 5) is 21.1. The lowest BCUT2D eigenvalue weighted by molar-refractivity contribution is -0.711. The maximum absolute atomic E-state index is 13.8. The van der Waals surface area contributed by atoms with Crippen LogP contribution in [0.15, 0.2) is 65.4 Å².